The van der Waals surface area contributed by atoms with Crippen molar-refractivity contribution in [2.75, 3.05) is 19.7 Å². The fourth-order valence-corrected chi connectivity index (χ4v) is 1.40. The molecule has 1 aromatic rings. The standard InChI is InChI=1S/C14H18FN3O3/c1-2-21-14(20)18-9-8-17-13(19)16-7-6-11-4-3-5-12(15)10-11/h3-7,10H,2,8-9H2,1H3,(H,18,20)(H2,16,17,19)/b7-6+. The third-order valence-corrected chi connectivity index (χ3v) is 2.29. The number of halogens is 1. The molecule has 114 valence electrons. The van der Waals surface area contributed by atoms with E-state index >= 15 is 0 Å². The van der Waals surface area contributed by atoms with Crippen molar-refractivity contribution >= 4 is 18.2 Å². The van der Waals surface area contributed by atoms with Crippen LogP contribution < -0.4 is 16.0 Å². The molecule has 3 N–H and O–H groups in total. The first-order valence-corrected chi connectivity index (χ1v) is 6.49. The first-order chi connectivity index (χ1) is 10.1. The summed E-state index contributed by atoms with van der Waals surface area (Å²) >= 11 is 0. The number of alkyl carbamates (subject to hydrolysis) is 1. The molecule has 6 nitrogen and oxygen atoms in total. The van der Waals surface area contributed by atoms with Gasteiger partial charge in [-0.05, 0) is 30.7 Å². The molecule has 0 aliphatic carbocycles. The van der Waals surface area contributed by atoms with E-state index in [1.165, 1.54) is 18.3 Å². The molecule has 0 atom stereocenters. The molecule has 0 aliphatic heterocycles. The lowest BCUT2D eigenvalue weighted by molar-refractivity contribution is 0.152. The Kier molecular flexibility index (Phi) is 7.34. The van der Waals surface area contributed by atoms with E-state index in [1.807, 2.05) is 0 Å². The van der Waals surface area contributed by atoms with Gasteiger partial charge in [0.1, 0.15) is 5.82 Å². The molecule has 7 heteroatoms. The minimum Gasteiger partial charge on any atom is -0.450 e. The maximum atomic E-state index is 12.9. The van der Waals surface area contributed by atoms with Gasteiger partial charge in [0.15, 0.2) is 0 Å². The molecule has 3 amide bonds. The molecule has 0 bridgehead atoms. The summed E-state index contributed by atoms with van der Waals surface area (Å²) in [6, 6.07) is 5.56. The quantitative estimate of drug-likeness (QED) is 0.701. The van der Waals surface area contributed by atoms with Crippen LogP contribution in [0.5, 0.6) is 0 Å². The van der Waals surface area contributed by atoms with Crippen LogP contribution >= 0.6 is 0 Å². The van der Waals surface area contributed by atoms with Gasteiger partial charge < -0.3 is 20.7 Å². The number of benzene rings is 1. The number of carbonyl (C=O) groups excluding carboxylic acids is 2. The van der Waals surface area contributed by atoms with Crippen LogP contribution in [0.2, 0.25) is 0 Å². The monoisotopic (exact) mass is 295 g/mol. The maximum Gasteiger partial charge on any atom is 0.407 e. The smallest absolute Gasteiger partial charge is 0.407 e. The summed E-state index contributed by atoms with van der Waals surface area (Å²) in [4.78, 5) is 22.3. The topological polar surface area (TPSA) is 79.5 Å². The summed E-state index contributed by atoms with van der Waals surface area (Å²) in [5, 5.41) is 7.46. The van der Waals surface area contributed by atoms with Crippen molar-refractivity contribution in [1.29, 1.82) is 0 Å². The van der Waals surface area contributed by atoms with E-state index in [-0.39, 0.29) is 18.9 Å². The first-order valence-electron chi connectivity index (χ1n) is 6.49. The molecule has 0 aliphatic rings. The van der Waals surface area contributed by atoms with Crippen LogP contribution in [0.1, 0.15) is 12.5 Å². The number of carbonyl (C=O) groups is 2. The zero-order valence-electron chi connectivity index (χ0n) is 11.7. The number of nitrogens with one attached hydrogen (secondary N) is 3. The molecule has 0 saturated heterocycles. The summed E-state index contributed by atoms with van der Waals surface area (Å²) in [6.45, 7) is 2.53. The second-order valence-electron chi connectivity index (χ2n) is 3.94. The second kappa shape index (κ2) is 9.35. The van der Waals surface area contributed by atoms with Gasteiger partial charge in [-0.15, -0.1) is 0 Å². The van der Waals surface area contributed by atoms with Gasteiger partial charge in [0.05, 0.1) is 6.61 Å². The molecule has 0 heterocycles. The molecular formula is C14H18FN3O3. The Morgan fingerprint density at radius 3 is 2.76 bits per heavy atom. The van der Waals surface area contributed by atoms with E-state index in [9.17, 15) is 14.0 Å². The van der Waals surface area contributed by atoms with Gasteiger partial charge in [-0.1, -0.05) is 12.1 Å². The Hall–Kier alpha value is -2.57. The molecule has 0 fully saturated rings. The van der Waals surface area contributed by atoms with E-state index < -0.39 is 12.1 Å². The van der Waals surface area contributed by atoms with Crippen LogP contribution in [0.3, 0.4) is 0 Å². The molecule has 1 aromatic carbocycles. The Morgan fingerprint density at radius 1 is 1.29 bits per heavy atom. The van der Waals surface area contributed by atoms with E-state index in [0.29, 0.717) is 12.2 Å². The Morgan fingerprint density at radius 2 is 2.05 bits per heavy atom. The van der Waals surface area contributed by atoms with Crippen molar-refractivity contribution in [2.24, 2.45) is 0 Å². The van der Waals surface area contributed by atoms with Crippen LogP contribution in [0, 0.1) is 5.82 Å². The summed E-state index contributed by atoms with van der Waals surface area (Å²) in [6.07, 6.45) is 2.45. The van der Waals surface area contributed by atoms with Crippen molar-refractivity contribution in [1.82, 2.24) is 16.0 Å². The highest BCUT2D eigenvalue weighted by Gasteiger charge is 2.00. The van der Waals surface area contributed by atoms with Crippen molar-refractivity contribution in [2.45, 2.75) is 6.92 Å². The largest absolute Gasteiger partial charge is 0.450 e. The number of amides is 3. The minimum atomic E-state index is -0.522. The number of hydrogen-bond donors (Lipinski definition) is 3. The fraction of sp³-hybridized carbons (Fsp3) is 0.286. The first kappa shape index (κ1) is 16.5. The average molecular weight is 295 g/mol. The number of hydrogen-bond acceptors (Lipinski definition) is 3. The van der Waals surface area contributed by atoms with Gasteiger partial charge in [-0.3, -0.25) is 0 Å². The highest BCUT2D eigenvalue weighted by molar-refractivity contribution is 5.76. The fourth-order valence-electron chi connectivity index (χ4n) is 1.40. The molecule has 21 heavy (non-hydrogen) atoms. The van der Waals surface area contributed by atoms with Crippen LogP contribution in [-0.4, -0.2) is 31.8 Å². The summed E-state index contributed by atoms with van der Waals surface area (Å²) in [5.74, 6) is -0.341. The number of urea groups is 1. The van der Waals surface area contributed by atoms with Crippen molar-refractivity contribution in [3.05, 3.63) is 41.8 Å². The van der Waals surface area contributed by atoms with Gasteiger partial charge >= 0.3 is 12.1 Å². The van der Waals surface area contributed by atoms with Crippen LogP contribution in [0.4, 0.5) is 14.0 Å². The van der Waals surface area contributed by atoms with Crippen LogP contribution in [-0.2, 0) is 4.74 Å². The highest BCUT2D eigenvalue weighted by atomic mass is 19.1. The van der Waals surface area contributed by atoms with Crippen LogP contribution in [0.15, 0.2) is 30.5 Å². The zero-order valence-corrected chi connectivity index (χ0v) is 11.7. The van der Waals surface area contributed by atoms with Gasteiger partial charge in [0.25, 0.3) is 0 Å². The minimum absolute atomic E-state index is 0.262. The Balaban J connectivity index is 2.18. The van der Waals surface area contributed by atoms with Gasteiger partial charge in [0, 0.05) is 19.3 Å². The lowest BCUT2D eigenvalue weighted by atomic mass is 10.2. The molecule has 1 rings (SSSR count). The third kappa shape index (κ3) is 7.56. The lowest BCUT2D eigenvalue weighted by Crippen LogP contribution is -2.38. The predicted molar refractivity (Wildman–Crippen MR) is 77.0 cm³/mol. The normalized spacial score (nSPS) is 10.2. The molecule has 0 unspecified atom stereocenters. The maximum absolute atomic E-state index is 12.9. The summed E-state index contributed by atoms with van der Waals surface area (Å²) < 4.78 is 17.6. The third-order valence-electron chi connectivity index (χ3n) is 2.29. The van der Waals surface area contributed by atoms with E-state index in [4.69, 9.17) is 0 Å². The zero-order chi connectivity index (χ0) is 15.5. The van der Waals surface area contributed by atoms with Gasteiger partial charge in [-0.2, -0.15) is 0 Å². The SMILES string of the molecule is CCOC(=O)NCCNC(=O)N/C=C/c1cccc(F)c1. The van der Waals surface area contributed by atoms with Crippen molar-refractivity contribution in [3.8, 4) is 0 Å². The van der Waals surface area contributed by atoms with Crippen molar-refractivity contribution < 1.29 is 18.7 Å². The number of ether oxygens (including phenoxy) is 1. The molecular weight excluding hydrogens is 277 g/mol. The summed E-state index contributed by atoms with van der Waals surface area (Å²) in [5.41, 5.74) is 0.638. The average Bonchev–Trinajstić information content (AvgIpc) is 2.44. The summed E-state index contributed by atoms with van der Waals surface area (Å²) in [7, 11) is 0. The Bertz CT molecular complexity index is 506. The van der Waals surface area contributed by atoms with E-state index in [2.05, 4.69) is 20.7 Å². The molecule has 0 aromatic heterocycles. The van der Waals surface area contributed by atoms with E-state index in [0.717, 1.165) is 0 Å². The molecule has 0 saturated carbocycles. The number of rotatable bonds is 6. The van der Waals surface area contributed by atoms with Crippen LogP contribution in [0.25, 0.3) is 6.08 Å². The predicted octanol–water partition coefficient (Wildman–Crippen LogP) is 1.84. The highest BCUT2D eigenvalue weighted by Crippen LogP contribution is 2.04. The Labute approximate surface area is 122 Å². The van der Waals surface area contributed by atoms with Crippen molar-refractivity contribution in [3.63, 3.8) is 0 Å². The second-order valence-corrected chi connectivity index (χ2v) is 3.94. The molecule has 0 radical (unpaired) electrons. The van der Waals surface area contributed by atoms with Gasteiger partial charge in [-0.25, -0.2) is 14.0 Å². The molecule has 0 spiro atoms. The van der Waals surface area contributed by atoms with Gasteiger partial charge in [0.2, 0.25) is 0 Å². The lowest BCUT2D eigenvalue weighted by Gasteiger charge is -2.06. The van der Waals surface area contributed by atoms with E-state index in [1.54, 1.807) is 25.1 Å².